The molecule has 0 saturated carbocycles. The molecule has 0 bridgehead atoms. The molecule has 1 saturated heterocycles. The fourth-order valence-corrected chi connectivity index (χ4v) is 2.90. The lowest BCUT2D eigenvalue weighted by Crippen LogP contribution is -2.36. The van der Waals surface area contributed by atoms with Crippen LogP contribution in [0.3, 0.4) is 0 Å². The fourth-order valence-electron chi connectivity index (χ4n) is 1.97. The number of thioether (sulfide) groups is 1. The molecule has 4 heteroatoms. The predicted octanol–water partition coefficient (Wildman–Crippen LogP) is 3.05. The topological polar surface area (TPSA) is 47.5 Å². The number of ether oxygens (including phenoxy) is 1. The fraction of sp³-hybridized carbons (Fsp3) is 0.571. The number of nitrogens with zero attached hydrogens (tertiary/aromatic N) is 1. The molecular weight excluding hydrogens is 244 g/mol. The third-order valence-corrected chi connectivity index (χ3v) is 4.08. The minimum absolute atomic E-state index is 0. The first kappa shape index (κ1) is 15.5. The molecule has 1 fully saturated rings. The van der Waals surface area contributed by atoms with E-state index in [9.17, 15) is 0 Å². The highest BCUT2D eigenvalue weighted by atomic mass is 32.2. The molecule has 2 rings (SSSR count). The van der Waals surface area contributed by atoms with Crippen molar-refractivity contribution in [1.82, 2.24) is 11.1 Å². The summed E-state index contributed by atoms with van der Waals surface area (Å²) in [5.41, 5.74) is 0. The summed E-state index contributed by atoms with van der Waals surface area (Å²) in [4.78, 5) is 3.90. The lowest BCUT2D eigenvalue weighted by atomic mass is 10.3. The number of hydrogen-bond donors (Lipinski definition) is 1. The van der Waals surface area contributed by atoms with E-state index in [-0.39, 0.29) is 6.15 Å². The van der Waals surface area contributed by atoms with Gasteiger partial charge in [-0.25, -0.2) is 0 Å². The van der Waals surface area contributed by atoms with E-state index in [1.54, 1.807) is 0 Å². The molecular formula is C14H24N2OS. The van der Waals surface area contributed by atoms with Crippen LogP contribution in [0, 0.1) is 0 Å². The second-order valence-corrected chi connectivity index (χ2v) is 5.49. The molecule has 3 N–H and O–H groups in total. The zero-order chi connectivity index (χ0) is 11.8. The second-order valence-electron chi connectivity index (χ2n) is 4.32. The number of rotatable bonds is 6. The smallest absolute Gasteiger partial charge is 0.0594 e. The maximum Gasteiger partial charge on any atom is 0.0594 e. The van der Waals surface area contributed by atoms with E-state index in [0.29, 0.717) is 0 Å². The van der Waals surface area contributed by atoms with Gasteiger partial charge in [-0.3, -0.25) is 4.90 Å². The van der Waals surface area contributed by atoms with Crippen molar-refractivity contribution in [2.45, 2.75) is 17.7 Å². The quantitative estimate of drug-likeness (QED) is 0.636. The highest BCUT2D eigenvalue weighted by Crippen LogP contribution is 2.18. The van der Waals surface area contributed by atoms with Gasteiger partial charge in [0, 0.05) is 18.0 Å². The Morgan fingerprint density at radius 2 is 1.78 bits per heavy atom. The van der Waals surface area contributed by atoms with Crippen LogP contribution in [0.5, 0.6) is 0 Å². The summed E-state index contributed by atoms with van der Waals surface area (Å²) in [6.45, 7) is 5.30. The maximum absolute atomic E-state index is 5.34. The summed E-state index contributed by atoms with van der Waals surface area (Å²) >= 11 is 1.96. The molecule has 3 nitrogen and oxygen atoms in total. The van der Waals surface area contributed by atoms with Crippen molar-refractivity contribution >= 4 is 11.8 Å². The first-order valence-electron chi connectivity index (χ1n) is 6.43. The van der Waals surface area contributed by atoms with Gasteiger partial charge in [0.2, 0.25) is 0 Å². The van der Waals surface area contributed by atoms with Gasteiger partial charge < -0.3 is 10.9 Å². The van der Waals surface area contributed by atoms with Crippen molar-refractivity contribution in [2.75, 3.05) is 38.6 Å². The average molecular weight is 268 g/mol. The molecule has 0 amide bonds. The van der Waals surface area contributed by atoms with Crippen LogP contribution in [0.4, 0.5) is 0 Å². The number of hydrogen-bond acceptors (Lipinski definition) is 4. The standard InChI is InChI=1S/C14H21NOS.H3N/c1-2-6-14(7-3-1)17-13-5-4-8-15-9-11-16-12-10-15;/h1-3,6-7H,4-5,8-13H2;1H3. The SMILES string of the molecule is N.c1ccc(SCCCCN2CCOCC2)cc1. The zero-order valence-corrected chi connectivity index (χ0v) is 11.8. The molecule has 0 aliphatic carbocycles. The molecule has 0 aromatic heterocycles. The molecule has 1 heterocycles. The first-order chi connectivity index (χ1) is 8.45. The second kappa shape index (κ2) is 9.39. The van der Waals surface area contributed by atoms with Crippen LogP contribution in [0.15, 0.2) is 35.2 Å². The number of benzene rings is 1. The summed E-state index contributed by atoms with van der Waals surface area (Å²) in [6.07, 6.45) is 2.61. The van der Waals surface area contributed by atoms with Crippen LogP contribution in [0.2, 0.25) is 0 Å². The van der Waals surface area contributed by atoms with Crippen LogP contribution in [-0.4, -0.2) is 43.5 Å². The molecule has 1 aromatic rings. The maximum atomic E-state index is 5.34. The highest BCUT2D eigenvalue weighted by molar-refractivity contribution is 7.99. The predicted molar refractivity (Wildman–Crippen MR) is 78.7 cm³/mol. The van der Waals surface area contributed by atoms with E-state index < -0.39 is 0 Å². The van der Waals surface area contributed by atoms with Crippen LogP contribution in [0.1, 0.15) is 12.8 Å². The van der Waals surface area contributed by atoms with Gasteiger partial charge in [0.05, 0.1) is 13.2 Å². The van der Waals surface area contributed by atoms with Gasteiger partial charge in [0.1, 0.15) is 0 Å². The van der Waals surface area contributed by atoms with Gasteiger partial charge in [-0.15, -0.1) is 11.8 Å². The van der Waals surface area contributed by atoms with Crippen LogP contribution < -0.4 is 6.15 Å². The van der Waals surface area contributed by atoms with E-state index in [2.05, 4.69) is 35.2 Å². The Hall–Kier alpha value is -0.550. The van der Waals surface area contributed by atoms with Crippen LogP contribution in [-0.2, 0) is 4.74 Å². The Bertz CT molecular complexity index is 302. The van der Waals surface area contributed by atoms with Crippen molar-refractivity contribution in [3.63, 3.8) is 0 Å². The van der Waals surface area contributed by atoms with Crippen molar-refractivity contribution in [3.8, 4) is 0 Å². The van der Waals surface area contributed by atoms with Crippen molar-refractivity contribution in [2.24, 2.45) is 0 Å². The summed E-state index contributed by atoms with van der Waals surface area (Å²) in [6, 6.07) is 10.7. The van der Waals surface area contributed by atoms with Gasteiger partial charge in [-0.2, -0.15) is 0 Å². The normalized spacial score (nSPS) is 16.2. The minimum atomic E-state index is 0. The van der Waals surface area contributed by atoms with E-state index in [0.717, 1.165) is 26.3 Å². The van der Waals surface area contributed by atoms with Gasteiger partial charge in [-0.1, -0.05) is 18.2 Å². The molecule has 1 aliphatic rings. The Morgan fingerprint density at radius 1 is 1.06 bits per heavy atom. The molecule has 0 atom stereocenters. The minimum Gasteiger partial charge on any atom is -0.379 e. The molecule has 1 aromatic carbocycles. The van der Waals surface area contributed by atoms with Crippen LogP contribution in [0.25, 0.3) is 0 Å². The molecule has 0 unspecified atom stereocenters. The van der Waals surface area contributed by atoms with E-state index in [1.165, 1.54) is 30.0 Å². The number of unbranched alkanes of at least 4 members (excludes halogenated alkanes) is 1. The Labute approximate surface area is 114 Å². The first-order valence-corrected chi connectivity index (χ1v) is 7.42. The summed E-state index contributed by atoms with van der Waals surface area (Å²) in [5.74, 6) is 1.23. The third-order valence-electron chi connectivity index (χ3n) is 2.98. The van der Waals surface area contributed by atoms with E-state index >= 15 is 0 Å². The third kappa shape index (κ3) is 5.87. The Kier molecular flexibility index (Phi) is 8.09. The molecule has 1 aliphatic heterocycles. The summed E-state index contributed by atoms with van der Waals surface area (Å²) in [7, 11) is 0. The highest BCUT2D eigenvalue weighted by Gasteiger charge is 2.08. The Balaban J connectivity index is 0.00000162. The number of morpholine rings is 1. The average Bonchev–Trinajstić information content (AvgIpc) is 2.41. The van der Waals surface area contributed by atoms with E-state index in [4.69, 9.17) is 4.74 Å². The van der Waals surface area contributed by atoms with E-state index in [1.807, 2.05) is 11.8 Å². The van der Waals surface area contributed by atoms with Gasteiger partial charge in [0.15, 0.2) is 0 Å². The van der Waals surface area contributed by atoms with Gasteiger partial charge >= 0.3 is 0 Å². The van der Waals surface area contributed by atoms with Crippen molar-refractivity contribution in [3.05, 3.63) is 30.3 Å². The molecule has 0 spiro atoms. The van der Waals surface area contributed by atoms with Crippen LogP contribution >= 0.6 is 11.8 Å². The molecule has 102 valence electrons. The lowest BCUT2D eigenvalue weighted by molar-refractivity contribution is 0.0374. The zero-order valence-electron chi connectivity index (χ0n) is 11.0. The molecule has 0 radical (unpaired) electrons. The van der Waals surface area contributed by atoms with Gasteiger partial charge in [0.25, 0.3) is 0 Å². The van der Waals surface area contributed by atoms with Crippen molar-refractivity contribution < 1.29 is 4.74 Å². The monoisotopic (exact) mass is 268 g/mol. The Morgan fingerprint density at radius 3 is 2.50 bits per heavy atom. The van der Waals surface area contributed by atoms with Crippen molar-refractivity contribution in [1.29, 1.82) is 0 Å². The summed E-state index contributed by atoms with van der Waals surface area (Å²) < 4.78 is 5.34. The largest absolute Gasteiger partial charge is 0.379 e. The van der Waals surface area contributed by atoms with Gasteiger partial charge in [-0.05, 0) is 37.3 Å². The summed E-state index contributed by atoms with van der Waals surface area (Å²) in [5, 5.41) is 0. The molecule has 18 heavy (non-hydrogen) atoms. The lowest BCUT2D eigenvalue weighted by Gasteiger charge is -2.26.